The van der Waals surface area contributed by atoms with E-state index in [0.717, 1.165) is 22.4 Å². The molecule has 5 rings (SSSR count). The van der Waals surface area contributed by atoms with E-state index in [0.29, 0.717) is 34.0 Å². The molecule has 5 heterocycles. The first-order chi connectivity index (χ1) is 16.4. The van der Waals surface area contributed by atoms with E-state index >= 15 is 0 Å². The van der Waals surface area contributed by atoms with Crippen LogP contribution < -0.4 is 10.5 Å². The molecular formula is C21H20ClN11S. The number of pyridine rings is 2. The Bertz CT molecular complexity index is 1490. The lowest BCUT2D eigenvalue weighted by molar-refractivity contribution is 0.775. The minimum Gasteiger partial charge on any atom is -0.384 e. The molecule has 0 bridgehead atoms. The van der Waals surface area contributed by atoms with Crippen molar-refractivity contribution in [2.75, 3.05) is 16.7 Å². The molecule has 0 aromatic carbocycles. The molecule has 0 aliphatic carbocycles. The van der Waals surface area contributed by atoms with Gasteiger partial charge in [-0.3, -0.25) is 4.68 Å². The summed E-state index contributed by atoms with van der Waals surface area (Å²) in [5, 5.41) is 17.7. The van der Waals surface area contributed by atoms with Gasteiger partial charge in [0.1, 0.15) is 18.0 Å². The fourth-order valence-electron chi connectivity index (χ4n) is 3.63. The summed E-state index contributed by atoms with van der Waals surface area (Å²) >= 11 is 7.78. The van der Waals surface area contributed by atoms with Gasteiger partial charge in [0.2, 0.25) is 0 Å². The molecule has 172 valence electrons. The van der Waals surface area contributed by atoms with Gasteiger partial charge in [-0.05, 0) is 24.3 Å². The zero-order valence-corrected chi connectivity index (χ0v) is 20.1. The Morgan fingerprint density at radius 3 is 2.68 bits per heavy atom. The number of nitrogen functional groups attached to an aromatic ring is 1. The molecule has 0 aliphatic rings. The molecule has 34 heavy (non-hydrogen) atoms. The lowest BCUT2D eigenvalue weighted by atomic mass is 10.1. The van der Waals surface area contributed by atoms with Crippen molar-refractivity contribution in [3.63, 3.8) is 0 Å². The molecule has 13 heteroatoms. The van der Waals surface area contributed by atoms with Crippen LogP contribution in [0.3, 0.4) is 0 Å². The summed E-state index contributed by atoms with van der Waals surface area (Å²) in [7, 11) is 3.78. The Labute approximate surface area is 204 Å². The van der Waals surface area contributed by atoms with Crippen molar-refractivity contribution in [1.29, 1.82) is 0 Å². The molecular weight excluding hydrogens is 474 g/mol. The highest BCUT2D eigenvalue weighted by molar-refractivity contribution is 7.99. The number of nitrogens with one attached hydrogen (secondary N) is 1. The molecule has 0 fully saturated rings. The van der Waals surface area contributed by atoms with E-state index in [1.165, 1.54) is 11.9 Å². The SMILES string of the molecule is CSNc1cc(-c2c(-c3nncn3C)cnn2C)cc(-n2cc(-c3nc(N)ccc3Cl)cn2)n1. The van der Waals surface area contributed by atoms with Crippen LogP contribution in [0.1, 0.15) is 0 Å². The molecule has 0 atom stereocenters. The zero-order chi connectivity index (χ0) is 23.8. The number of halogens is 1. The second kappa shape index (κ2) is 8.80. The molecule has 0 amide bonds. The summed E-state index contributed by atoms with van der Waals surface area (Å²) in [6.45, 7) is 0. The lowest BCUT2D eigenvalue weighted by Crippen LogP contribution is -2.03. The monoisotopic (exact) mass is 493 g/mol. The first-order valence-electron chi connectivity index (χ1n) is 10.1. The van der Waals surface area contributed by atoms with E-state index in [-0.39, 0.29) is 0 Å². The number of rotatable bonds is 6. The summed E-state index contributed by atoms with van der Waals surface area (Å²) in [5.41, 5.74) is 9.75. The molecule has 0 unspecified atom stereocenters. The number of aryl methyl sites for hydroxylation is 2. The van der Waals surface area contributed by atoms with Gasteiger partial charge in [-0.2, -0.15) is 10.2 Å². The Morgan fingerprint density at radius 1 is 1.06 bits per heavy atom. The number of aromatic nitrogens is 9. The predicted molar refractivity (Wildman–Crippen MR) is 133 cm³/mol. The number of nitrogens with zero attached hydrogens (tertiary/aromatic N) is 9. The number of nitrogens with two attached hydrogens (primary N) is 1. The van der Waals surface area contributed by atoms with Gasteiger partial charge in [0.25, 0.3) is 0 Å². The number of hydrogen-bond donors (Lipinski definition) is 2. The van der Waals surface area contributed by atoms with Crippen molar-refractivity contribution < 1.29 is 0 Å². The average Bonchev–Trinajstić information content (AvgIpc) is 3.55. The summed E-state index contributed by atoms with van der Waals surface area (Å²) in [4.78, 5) is 9.06. The van der Waals surface area contributed by atoms with Crippen LogP contribution in [0.25, 0.3) is 39.7 Å². The highest BCUT2D eigenvalue weighted by atomic mass is 35.5. The third kappa shape index (κ3) is 3.97. The summed E-state index contributed by atoms with van der Waals surface area (Å²) < 4.78 is 8.54. The van der Waals surface area contributed by atoms with Crippen LogP contribution >= 0.6 is 23.5 Å². The van der Waals surface area contributed by atoms with Crippen LogP contribution in [0.5, 0.6) is 0 Å². The number of anilines is 2. The van der Waals surface area contributed by atoms with Gasteiger partial charge in [-0.15, -0.1) is 10.2 Å². The van der Waals surface area contributed by atoms with Gasteiger partial charge >= 0.3 is 0 Å². The van der Waals surface area contributed by atoms with Gasteiger partial charge in [-0.25, -0.2) is 14.6 Å². The second-order valence-electron chi connectivity index (χ2n) is 7.44. The van der Waals surface area contributed by atoms with E-state index in [1.54, 1.807) is 40.2 Å². The molecule has 0 saturated carbocycles. The van der Waals surface area contributed by atoms with Crippen LogP contribution in [0, 0.1) is 0 Å². The molecule has 5 aromatic heterocycles. The van der Waals surface area contributed by atoms with Crippen molar-refractivity contribution >= 4 is 35.2 Å². The third-order valence-corrected chi connectivity index (χ3v) is 5.86. The number of hydrogen-bond acceptors (Lipinski definition) is 9. The van der Waals surface area contributed by atoms with Crippen LogP contribution in [0.4, 0.5) is 11.6 Å². The van der Waals surface area contributed by atoms with Gasteiger partial charge in [0.05, 0.1) is 34.4 Å². The maximum Gasteiger partial charge on any atom is 0.167 e. The van der Waals surface area contributed by atoms with Crippen molar-refractivity contribution in [3.05, 3.63) is 54.2 Å². The minimum atomic E-state index is 0.381. The molecule has 0 spiro atoms. The maximum absolute atomic E-state index is 6.34. The van der Waals surface area contributed by atoms with Crippen LogP contribution in [0.2, 0.25) is 5.02 Å². The normalized spacial score (nSPS) is 11.2. The first kappa shape index (κ1) is 21.9. The van der Waals surface area contributed by atoms with Gasteiger partial charge < -0.3 is 15.0 Å². The topological polar surface area (TPSA) is 130 Å². The van der Waals surface area contributed by atoms with E-state index in [4.69, 9.17) is 22.3 Å². The lowest BCUT2D eigenvalue weighted by Gasteiger charge is -2.11. The standard InChI is InChI=1S/C21H20ClN11S/c1-31-11-24-29-21(31)14-9-25-32(2)20(14)12-6-17(30-34-3)28-18(7-12)33-10-13(8-26-33)19-15(22)4-5-16(23)27-19/h4-11H,1-3H3,(H2,23,27)(H,28,30). The van der Waals surface area contributed by atoms with Gasteiger partial charge in [0, 0.05) is 37.7 Å². The fraction of sp³-hybridized carbons (Fsp3) is 0.143. The highest BCUT2D eigenvalue weighted by Gasteiger charge is 2.19. The molecule has 3 N–H and O–H groups in total. The summed E-state index contributed by atoms with van der Waals surface area (Å²) in [5.74, 6) is 2.36. The van der Waals surface area contributed by atoms with Crippen molar-refractivity contribution in [3.8, 4) is 39.7 Å². The van der Waals surface area contributed by atoms with E-state index in [2.05, 4.69) is 30.1 Å². The molecule has 0 aliphatic heterocycles. The minimum absolute atomic E-state index is 0.381. The van der Waals surface area contributed by atoms with Crippen LogP contribution in [-0.2, 0) is 14.1 Å². The predicted octanol–water partition coefficient (Wildman–Crippen LogP) is 3.45. The first-order valence-corrected chi connectivity index (χ1v) is 11.7. The van der Waals surface area contributed by atoms with E-state index < -0.39 is 0 Å². The van der Waals surface area contributed by atoms with Crippen molar-refractivity contribution in [2.24, 2.45) is 14.1 Å². The van der Waals surface area contributed by atoms with E-state index in [9.17, 15) is 0 Å². The Kier molecular flexibility index (Phi) is 5.67. The van der Waals surface area contributed by atoms with Gasteiger partial charge in [-0.1, -0.05) is 23.5 Å². The van der Waals surface area contributed by atoms with Crippen molar-refractivity contribution in [2.45, 2.75) is 0 Å². The van der Waals surface area contributed by atoms with Crippen LogP contribution in [0.15, 0.2) is 49.2 Å². The Hall–Kier alpha value is -3.90. The summed E-state index contributed by atoms with van der Waals surface area (Å²) in [6.07, 6.45) is 8.86. The second-order valence-corrected chi connectivity index (χ2v) is 8.46. The largest absolute Gasteiger partial charge is 0.384 e. The molecule has 5 aromatic rings. The van der Waals surface area contributed by atoms with E-state index in [1.807, 2.05) is 43.2 Å². The van der Waals surface area contributed by atoms with Crippen molar-refractivity contribution in [1.82, 2.24) is 44.3 Å². The zero-order valence-electron chi connectivity index (χ0n) is 18.5. The smallest absolute Gasteiger partial charge is 0.167 e. The average molecular weight is 494 g/mol. The summed E-state index contributed by atoms with van der Waals surface area (Å²) in [6, 6.07) is 7.27. The van der Waals surface area contributed by atoms with Crippen LogP contribution in [-0.4, -0.2) is 50.5 Å². The fourth-order valence-corrected chi connectivity index (χ4v) is 4.16. The quantitative estimate of drug-likeness (QED) is 0.341. The molecule has 0 saturated heterocycles. The Balaban J connectivity index is 1.63. The third-order valence-electron chi connectivity index (χ3n) is 5.14. The maximum atomic E-state index is 6.34. The van der Waals surface area contributed by atoms with Gasteiger partial charge in [0.15, 0.2) is 11.6 Å². The molecule has 11 nitrogen and oxygen atoms in total. The Morgan fingerprint density at radius 2 is 1.91 bits per heavy atom. The highest BCUT2D eigenvalue weighted by Crippen LogP contribution is 2.33. The molecule has 0 radical (unpaired) electrons.